The van der Waals surface area contributed by atoms with Crippen molar-refractivity contribution in [1.29, 1.82) is 0 Å². The normalized spacial score (nSPS) is 16.1. The highest BCUT2D eigenvalue weighted by Crippen LogP contribution is 2.34. The van der Waals surface area contributed by atoms with Crippen molar-refractivity contribution < 1.29 is 33.6 Å². The number of carbonyl (C=O) groups excluding carboxylic acids is 2. The SMILES string of the molecule is CCOc1cc([C@@H]2NC(=O)NC(C)=C2C(=O)OC)ccc1OC[C@@H](O)N/N=C\c1ccc(OC)cc1C. The summed E-state index contributed by atoms with van der Waals surface area (Å²) < 4.78 is 21.6. The number of urea groups is 1. The smallest absolute Gasteiger partial charge is 0.337 e. The first-order chi connectivity index (χ1) is 17.8. The van der Waals surface area contributed by atoms with Crippen LogP contribution >= 0.6 is 0 Å². The molecule has 0 bridgehead atoms. The molecule has 0 aromatic heterocycles. The van der Waals surface area contributed by atoms with Crippen LogP contribution in [0.1, 0.15) is 36.6 Å². The number of carbonyl (C=O) groups is 2. The zero-order valence-corrected chi connectivity index (χ0v) is 21.5. The monoisotopic (exact) mass is 512 g/mol. The number of hydrazone groups is 1. The lowest BCUT2D eigenvalue weighted by Crippen LogP contribution is -2.45. The van der Waals surface area contributed by atoms with Gasteiger partial charge in [0.1, 0.15) is 12.4 Å². The van der Waals surface area contributed by atoms with Gasteiger partial charge in [-0.25, -0.2) is 9.59 Å². The quantitative estimate of drug-likeness (QED) is 0.156. The van der Waals surface area contributed by atoms with E-state index >= 15 is 0 Å². The maximum atomic E-state index is 12.4. The van der Waals surface area contributed by atoms with E-state index in [1.165, 1.54) is 7.11 Å². The summed E-state index contributed by atoms with van der Waals surface area (Å²) in [6.45, 7) is 5.62. The summed E-state index contributed by atoms with van der Waals surface area (Å²) in [5.41, 5.74) is 5.75. The third-order valence-electron chi connectivity index (χ3n) is 5.58. The van der Waals surface area contributed by atoms with Crippen molar-refractivity contribution in [3.05, 3.63) is 64.4 Å². The molecular weight excluding hydrogens is 480 g/mol. The largest absolute Gasteiger partial charge is 0.497 e. The fourth-order valence-electron chi connectivity index (χ4n) is 3.73. The van der Waals surface area contributed by atoms with Gasteiger partial charge < -0.3 is 34.7 Å². The molecule has 0 aliphatic carbocycles. The molecule has 0 saturated heterocycles. The molecule has 11 heteroatoms. The predicted octanol–water partition coefficient (Wildman–Crippen LogP) is 2.52. The number of aliphatic hydroxyl groups excluding tert-OH is 1. The van der Waals surface area contributed by atoms with Gasteiger partial charge in [-0.1, -0.05) is 6.07 Å². The summed E-state index contributed by atoms with van der Waals surface area (Å²) in [4.78, 5) is 24.4. The van der Waals surface area contributed by atoms with Gasteiger partial charge in [-0.2, -0.15) is 5.10 Å². The molecule has 11 nitrogen and oxygen atoms in total. The number of nitrogens with one attached hydrogen (secondary N) is 3. The number of amides is 2. The van der Waals surface area contributed by atoms with Crippen molar-refractivity contribution in [2.75, 3.05) is 27.4 Å². The summed E-state index contributed by atoms with van der Waals surface area (Å²) in [5, 5.41) is 19.7. The molecule has 198 valence electrons. The minimum atomic E-state index is -1.09. The minimum absolute atomic E-state index is 0.116. The van der Waals surface area contributed by atoms with Crippen LogP contribution in [0, 0.1) is 6.92 Å². The van der Waals surface area contributed by atoms with Crippen molar-refractivity contribution in [1.82, 2.24) is 16.1 Å². The Morgan fingerprint density at radius 3 is 2.62 bits per heavy atom. The molecule has 4 N–H and O–H groups in total. The lowest BCUT2D eigenvalue weighted by Gasteiger charge is -2.28. The third kappa shape index (κ3) is 6.91. The Kier molecular flexibility index (Phi) is 9.33. The molecule has 0 saturated carbocycles. The summed E-state index contributed by atoms with van der Waals surface area (Å²) in [7, 11) is 2.88. The number of methoxy groups -OCH3 is 2. The summed E-state index contributed by atoms with van der Waals surface area (Å²) in [6, 6.07) is 9.43. The van der Waals surface area contributed by atoms with E-state index in [4.69, 9.17) is 18.9 Å². The lowest BCUT2D eigenvalue weighted by molar-refractivity contribution is -0.136. The van der Waals surface area contributed by atoms with Crippen molar-refractivity contribution >= 4 is 18.2 Å². The molecule has 1 heterocycles. The molecule has 0 radical (unpaired) electrons. The Morgan fingerprint density at radius 2 is 1.95 bits per heavy atom. The van der Waals surface area contributed by atoms with Gasteiger partial charge in [0, 0.05) is 5.70 Å². The van der Waals surface area contributed by atoms with Crippen LogP contribution in [0.3, 0.4) is 0 Å². The molecule has 2 aromatic rings. The van der Waals surface area contributed by atoms with Gasteiger partial charge in [0.25, 0.3) is 0 Å². The zero-order chi connectivity index (χ0) is 26.9. The Bertz CT molecular complexity index is 1200. The van der Waals surface area contributed by atoms with E-state index in [0.29, 0.717) is 29.4 Å². The van der Waals surface area contributed by atoms with Gasteiger partial charge in [-0.15, -0.1) is 0 Å². The number of nitrogens with zero attached hydrogens (tertiary/aromatic N) is 1. The minimum Gasteiger partial charge on any atom is -0.497 e. The van der Waals surface area contributed by atoms with Crippen LogP contribution in [0.25, 0.3) is 0 Å². The van der Waals surface area contributed by atoms with Crippen molar-refractivity contribution in [2.45, 2.75) is 33.0 Å². The van der Waals surface area contributed by atoms with Crippen LogP contribution < -0.4 is 30.3 Å². The van der Waals surface area contributed by atoms with Crippen LogP contribution in [0.5, 0.6) is 17.2 Å². The molecule has 0 unspecified atom stereocenters. The number of ether oxygens (including phenoxy) is 4. The van der Waals surface area contributed by atoms with E-state index < -0.39 is 24.3 Å². The highest BCUT2D eigenvalue weighted by Gasteiger charge is 2.32. The first kappa shape index (κ1) is 27.3. The van der Waals surface area contributed by atoms with Crippen LogP contribution in [0.4, 0.5) is 4.79 Å². The van der Waals surface area contributed by atoms with Crippen molar-refractivity contribution in [2.24, 2.45) is 5.10 Å². The topological polar surface area (TPSA) is 140 Å². The molecule has 0 spiro atoms. The fraction of sp³-hybridized carbons (Fsp3) is 0.346. The van der Waals surface area contributed by atoms with Crippen molar-refractivity contribution in [3.8, 4) is 17.2 Å². The maximum Gasteiger partial charge on any atom is 0.337 e. The van der Waals surface area contributed by atoms with Gasteiger partial charge in [-0.05, 0) is 67.8 Å². The first-order valence-electron chi connectivity index (χ1n) is 11.6. The Labute approximate surface area is 215 Å². The van der Waals surface area contributed by atoms with Gasteiger partial charge in [0.05, 0.1) is 38.7 Å². The second-order valence-corrected chi connectivity index (χ2v) is 8.14. The Hall–Kier alpha value is -4.25. The van der Waals surface area contributed by atoms with E-state index in [9.17, 15) is 14.7 Å². The second-order valence-electron chi connectivity index (χ2n) is 8.14. The number of allylic oxidation sites excluding steroid dienone is 1. The molecule has 1 aliphatic heterocycles. The second kappa shape index (κ2) is 12.6. The van der Waals surface area contributed by atoms with E-state index in [1.807, 2.05) is 32.0 Å². The molecule has 2 atom stereocenters. The van der Waals surface area contributed by atoms with Crippen LogP contribution in [-0.2, 0) is 9.53 Å². The van der Waals surface area contributed by atoms with Gasteiger partial charge in [0.2, 0.25) is 0 Å². The molecule has 37 heavy (non-hydrogen) atoms. The molecule has 0 fully saturated rings. The Morgan fingerprint density at radius 1 is 1.16 bits per heavy atom. The summed E-state index contributed by atoms with van der Waals surface area (Å²) in [6.07, 6.45) is 0.504. The van der Waals surface area contributed by atoms with Gasteiger partial charge >= 0.3 is 12.0 Å². The maximum absolute atomic E-state index is 12.4. The first-order valence-corrected chi connectivity index (χ1v) is 11.6. The van der Waals surface area contributed by atoms with Crippen LogP contribution in [0.2, 0.25) is 0 Å². The van der Waals surface area contributed by atoms with E-state index in [-0.39, 0.29) is 12.2 Å². The number of esters is 1. The highest BCUT2D eigenvalue weighted by molar-refractivity contribution is 5.95. The summed E-state index contributed by atoms with van der Waals surface area (Å²) >= 11 is 0. The molecule has 2 amide bonds. The van der Waals surface area contributed by atoms with Crippen LogP contribution in [0.15, 0.2) is 52.8 Å². The number of aliphatic hydroxyl groups is 1. The standard InChI is InChI=1S/C26H32N4O7/c1-6-36-21-12-17(24-23(25(32)35-5)16(3)28-26(33)29-24)8-10-20(21)37-14-22(31)30-27-13-18-7-9-19(34-4)11-15(18)2/h7-13,22,24,30-31H,6,14H2,1-5H3,(H2,28,29,33)/b27-13-/t22-,24+/m1/s1. The fourth-order valence-corrected chi connectivity index (χ4v) is 3.73. The average Bonchev–Trinajstić information content (AvgIpc) is 2.88. The molecule has 2 aromatic carbocycles. The molecule has 3 rings (SSSR count). The number of hydrogen-bond donors (Lipinski definition) is 4. The van der Waals surface area contributed by atoms with E-state index in [1.54, 1.807) is 38.4 Å². The van der Waals surface area contributed by atoms with E-state index in [0.717, 1.165) is 16.9 Å². The lowest BCUT2D eigenvalue weighted by atomic mass is 9.95. The third-order valence-corrected chi connectivity index (χ3v) is 5.58. The van der Waals surface area contributed by atoms with Crippen LogP contribution in [-0.4, -0.2) is 57.0 Å². The number of rotatable bonds is 11. The predicted molar refractivity (Wildman–Crippen MR) is 137 cm³/mol. The molecular formula is C26H32N4O7. The number of hydrogen-bond acceptors (Lipinski definition) is 9. The molecule has 1 aliphatic rings. The van der Waals surface area contributed by atoms with Gasteiger partial charge in [0.15, 0.2) is 17.7 Å². The Balaban J connectivity index is 1.70. The number of benzene rings is 2. The highest BCUT2D eigenvalue weighted by atomic mass is 16.5. The van der Waals surface area contributed by atoms with E-state index in [2.05, 4.69) is 21.2 Å². The van der Waals surface area contributed by atoms with Gasteiger partial charge in [-0.3, -0.25) is 5.43 Å². The average molecular weight is 513 g/mol. The number of aryl methyl sites for hydroxylation is 1. The van der Waals surface area contributed by atoms with Crippen molar-refractivity contribution in [3.63, 3.8) is 0 Å². The zero-order valence-electron chi connectivity index (χ0n) is 21.5. The summed E-state index contributed by atoms with van der Waals surface area (Å²) in [5.74, 6) is 0.955.